The molecule has 3 rings (SSSR count). The molecule has 1 amide bonds. The summed E-state index contributed by atoms with van der Waals surface area (Å²) in [6.07, 6.45) is 2.26. The van der Waals surface area contributed by atoms with Crippen molar-refractivity contribution >= 4 is 15.9 Å². The Bertz CT molecular complexity index is 985. The maximum absolute atomic E-state index is 12.8. The van der Waals surface area contributed by atoms with Crippen LogP contribution in [-0.4, -0.2) is 21.4 Å². The molecule has 0 bridgehead atoms. The molecular weight excluding hydrogens is 366 g/mol. The second-order valence-electron chi connectivity index (χ2n) is 6.63. The standard InChI is InChI=1S/C20H21NO5S/c1-4-14-13-20(14,2)19(22)21-27(23,24)18-11-6-5-10-17(18)26-16-9-7-8-15(12-16)25-3/h4-12,14H,1,13H2,2-3H3,(H,21,22)/t14-,20+/m1/s1. The Balaban J connectivity index is 1.86. The lowest BCUT2D eigenvalue weighted by atomic mass is 10.1. The fourth-order valence-corrected chi connectivity index (χ4v) is 4.06. The van der Waals surface area contributed by atoms with Gasteiger partial charge in [0.1, 0.15) is 22.1 Å². The van der Waals surface area contributed by atoms with E-state index in [-0.39, 0.29) is 16.6 Å². The zero-order valence-corrected chi connectivity index (χ0v) is 16.0. The van der Waals surface area contributed by atoms with Crippen molar-refractivity contribution in [2.45, 2.75) is 18.2 Å². The molecule has 0 aliphatic heterocycles. The first-order chi connectivity index (χ1) is 12.8. The Morgan fingerprint density at radius 2 is 1.93 bits per heavy atom. The molecule has 2 aromatic carbocycles. The number of para-hydroxylation sites is 1. The lowest BCUT2D eigenvalue weighted by molar-refractivity contribution is -0.124. The summed E-state index contributed by atoms with van der Waals surface area (Å²) >= 11 is 0. The van der Waals surface area contributed by atoms with Crippen LogP contribution in [0.4, 0.5) is 0 Å². The van der Waals surface area contributed by atoms with Crippen LogP contribution in [0.1, 0.15) is 13.3 Å². The Hall–Kier alpha value is -2.80. The quantitative estimate of drug-likeness (QED) is 0.736. The van der Waals surface area contributed by atoms with Gasteiger partial charge in [-0.15, -0.1) is 6.58 Å². The SMILES string of the molecule is C=C[C@@H]1C[C@]1(C)C(=O)NS(=O)(=O)c1ccccc1Oc1cccc(OC)c1. The number of hydrogen-bond acceptors (Lipinski definition) is 5. The zero-order chi connectivity index (χ0) is 19.7. The molecule has 27 heavy (non-hydrogen) atoms. The van der Waals surface area contributed by atoms with Crippen LogP contribution in [0.15, 0.2) is 66.1 Å². The maximum atomic E-state index is 12.8. The first-order valence-corrected chi connectivity index (χ1v) is 9.89. The third-order valence-electron chi connectivity index (χ3n) is 4.74. The van der Waals surface area contributed by atoms with Gasteiger partial charge in [-0.05, 0) is 36.6 Å². The molecule has 2 atom stereocenters. The summed E-state index contributed by atoms with van der Waals surface area (Å²) in [6, 6.07) is 13.0. The number of hydrogen-bond donors (Lipinski definition) is 1. The van der Waals surface area contributed by atoms with Crippen molar-refractivity contribution in [2.75, 3.05) is 7.11 Å². The van der Waals surface area contributed by atoms with E-state index < -0.39 is 21.3 Å². The second kappa shape index (κ2) is 7.08. The van der Waals surface area contributed by atoms with Crippen molar-refractivity contribution in [2.24, 2.45) is 11.3 Å². The van der Waals surface area contributed by atoms with E-state index in [1.165, 1.54) is 19.2 Å². The average Bonchev–Trinajstić information content (AvgIpc) is 3.34. The van der Waals surface area contributed by atoms with E-state index in [9.17, 15) is 13.2 Å². The molecule has 0 aromatic heterocycles. The number of carbonyl (C=O) groups is 1. The van der Waals surface area contributed by atoms with E-state index in [2.05, 4.69) is 11.3 Å². The minimum Gasteiger partial charge on any atom is -0.497 e. The predicted molar refractivity (Wildman–Crippen MR) is 101 cm³/mol. The van der Waals surface area contributed by atoms with Gasteiger partial charge in [-0.1, -0.05) is 31.2 Å². The molecule has 1 fully saturated rings. The normalized spacial score (nSPS) is 21.2. The fourth-order valence-electron chi connectivity index (χ4n) is 2.84. The van der Waals surface area contributed by atoms with Gasteiger partial charge in [0.25, 0.3) is 10.0 Å². The minimum atomic E-state index is -4.09. The van der Waals surface area contributed by atoms with Gasteiger partial charge in [0, 0.05) is 6.07 Å². The fraction of sp³-hybridized carbons (Fsp3) is 0.250. The summed E-state index contributed by atoms with van der Waals surface area (Å²) in [4.78, 5) is 12.3. The van der Waals surface area contributed by atoms with Crippen LogP contribution < -0.4 is 14.2 Å². The van der Waals surface area contributed by atoms with Crippen LogP contribution in [0.5, 0.6) is 17.2 Å². The number of methoxy groups -OCH3 is 1. The van der Waals surface area contributed by atoms with Crippen molar-refractivity contribution in [3.05, 3.63) is 61.2 Å². The van der Waals surface area contributed by atoms with Crippen molar-refractivity contribution in [1.29, 1.82) is 0 Å². The molecule has 7 heteroatoms. The summed E-state index contributed by atoms with van der Waals surface area (Å²) in [5.41, 5.74) is -0.739. The number of amides is 1. The van der Waals surface area contributed by atoms with E-state index in [4.69, 9.17) is 9.47 Å². The number of allylic oxidation sites excluding steroid dienone is 1. The van der Waals surface area contributed by atoms with Gasteiger partial charge in [0.05, 0.1) is 12.5 Å². The number of nitrogens with one attached hydrogen (secondary N) is 1. The van der Waals surface area contributed by atoms with E-state index in [1.54, 1.807) is 49.4 Å². The largest absolute Gasteiger partial charge is 0.497 e. The Kier molecular flexibility index (Phi) is 4.97. The molecule has 1 saturated carbocycles. The van der Waals surface area contributed by atoms with Crippen LogP contribution in [0.2, 0.25) is 0 Å². The molecule has 2 aromatic rings. The van der Waals surface area contributed by atoms with Crippen molar-refractivity contribution in [3.63, 3.8) is 0 Å². The van der Waals surface area contributed by atoms with E-state index in [0.717, 1.165) is 0 Å². The summed E-state index contributed by atoms with van der Waals surface area (Å²) in [6.45, 7) is 5.40. The summed E-state index contributed by atoms with van der Waals surface area (Å²) in [7, 11) is -2.56. The highest BCUT2D eigenvalue weighted by atomic mass is 32.2. The molecular formula is C20H21NO5S. The molecule has 1 aliphatic carbocycles. The van der Waals surface area contributed by atoms with Crippen molar-refractivity contribution in [3.8, 4) is 17.2 Å². The molecule has 0 saturated heterocycles. The summed E-state index contributed by atoms with van der Waals surface area (Å²) in [5.74, 6) is 0.564. The van der Waals surface area contributed by atoms with E-state index in [1.807, 2.05) is 0 Å². The maximum Gasteiger partial charge on any atom is 0.267 e. The lowest BCUT2D eigenvalue weighted by Gasteiger charge is -2.15. The van der Waals surface area contributed by atoms with Crippen LogP contribution >= 0.6 is 0 Å². The number of ether oxygens (including phenoxy) is 2. The highest BCUT2D eigenvalue weighted by Crippen LogP contribution is 2.53. The van der Waals surface area contributed by atoms with Crippen LogP contribution in [0, 0.1) is 11.3 Å². The monoisotopic (exact) mass is 387 g/mol. The molecule has 142 valence electrons. The number of carbonyl (C=O) groups excluding carboxylic acids is 1. The lowest BCUT2D eigenvalue weighted by Crippen LogP contribution is -2.36. The summed E-state index contributed by atoms with van der Waals surface area (Å²) in [5, 5.41) is 0. The van der Waals surface area contributed by atoms with Gasteiger partial charge in [-0.25, -0.2) is 13.1 Å². The minimum absolute atomic E-state index is 0.0176. The Labute approximate surface area is 158 Å². The third kappa shape index (κ3) is 3.83. The first kappa shape index (κ1) is 19.0. The Morgan fingerprint density at radius 3 is 2.59 bits per heavy atom. The Morgan fingerprint density at radius 1 is 1.22 bits per heavy atom. The number of rotatable bonds is 7. The van der Waals surface area contributed by atoms with Gasteiger partial charge in [-0.3, -0.25) is 4.79 Å². The van der Waals surface area contributed by atoms with E-state index in [0.29, 0.717) is 17.9 Å². The van der Waals surface area contributed by atoms with Crippen LogP contribution in [0.3, 0.4) is 0 Å². The van der Waals surface area contributed by atoms with Gasteiger partial charge in [0.15, 0.2) is 0 Å². The molecule has 6 nitrogen and oxygen atoms in total. The topological polar surface area (TPSA) is 81.7 Å². The number of sulfonamides is 1. The molecule has 0 unspecified atom stereocenters. The highest BCUT2D eigenvalue weighted by molar-refractivity contribution is 7.90. The van der Waals surface area contributed by atoms with Crippen molar-refractivity contribution in [1.82, 2.24) is 4.72 Å². The van der Waals surface area contributed by atoms with E-state index >= 15 is 0 Å². The van der Waals surface area contributed by atoms with Crippen LogP contribution in [0.25, 0.3) is 0 Å². The first-order valence-electron chi connectivity index (χ1n) is 8.41. The third-order valence-corrected chi connectivity index (χ3v) is 6.11. The number of benzene rings is 2. The highest BCUT2D eigenvalue weighted by Gasteiger charge is 2.55. The second-order valence-corrected chi connectivity index (χ2v) is 8.28. The van der Waals surface area contributed by atoms with Gasteiger partial charge in [-0.2, -0.15) is 0 Å². The van der Waals surface area contributed by atoms with Crippen molar-refractivity contribution < 1.29 is 22.7 Å². The van der Waals surface area contributed by atoms with Gasteiger partial charge >= 0.3 is 0 Å². The predicted octanol–water partition coefficient (Wildman–Crippen LogP) is 3.50. The molecule has 1 N–H and O–H groups in total. The van der Waals surface area contributed by atoms with Crippen LogP contribution in [-0.2, 0) is 14.8 Å². The molecule has 0 heterocycles. The molecule has 0 spiro atoms. The van der Waals surface area contributed by atoms with Gasteiger partial charge < -0.3 is 9.47 Å². The average molecular weight is 387 g/mol. The summed E-state index contributed by atoms with van der Waals surface area (Å²) < 4.78 is 38.6. The smallest absolute Gasteiger partial charge is 0.267 e. The molecule has 0 radical (unpaired) electrons. The zero-order valence-electron chi connectivity index (χ0n) is 15.1. The van der Waals surface area contributed by atoms with Gasteiger partial charge in [0.2, 0.25) is 5.91 Å². The molecule has 1 aliphatic rings.